The summed E-state index contributed by atoms with van der Waals surface area (Å²) in [6.07, 6.45) is 1.34. The Morgan fingerprint density at radius 1 is 0.955 bits per heavy atom. The molecule has 2 amide bonds. The fourth-order valence-electron chi connectivity index (χ4n) is 5.54. The number of benzene rings is 4. The van der Waals surface area contributed by atoms with E-state index in [2.05, 4.69) is 5.32 Å². The van der Waals surface area contributed by atoms with Gasteiger partial charge in [-0.3, -0.25) is 13.9 Å². The zero-order valence-corrected chi connectivity index (χ0v) is 27.0. The number of halogens is 2. The van der Waals surface area contributed by atoms with Crippen LogP contribution in [-0.2, 0) is 32.6 Å². The van der Waals surface area contributed by atoms with Gasteiger partial charge in [-0.2, -0.15) is 0 Å². The van der Waals surface area contributed by atoms with Crippen LogP contribution in [0.15, 0.2) is 89.8 Å². The molecule has 1 N–H and O–H groups in total. The van der Waals surface area contributed by atoms with Gasteiger partial charge in [0.15, 0.2) is 0 Å². The zero-order valence-electron chi connectivity index (χ0n) is 24.7. The molecule has 0 aromatic heterocycles. The van der Waals surface area contributed by atoms with E-state index in [9.17, 15) is 18.0 Å². The monoisotopic (exact) mass is 651 g/mol. The number of sulfonamides is 1. The molecule has 7 nitrogen and oxygen atoms in total. The van der Waals surface area contributed by atoms with Crippen LogP contribution < -0.4 is 9.62 Å². The second kappa shape index (κ2) is 13.6. The second-order valence-electron chi connectivity index (χ2n) is 11.1. The minimum absolute atomic E-state index is 0.0332. The summed E-state index contributed by atoms with van der Waals surface area (Å²) in [5, 5.41) is 5.46. The molecule has 5 rings (SSSR count). The van der Waals surface area contributed by atoms with E-state index in [0.29, 0.717) is 33.1 Å². The molecule has 4 aromatic carbocycles. The van der Waals surface area contributed by atoms with Crippen molar-refractivity contribution in [2.24, 2.45) is 0 Å². The Morgan fingerprint density at radius 2 is 1.68 bits per heavy atom. The number of amides is 2. The number of carbonyl (C=O) groups excluding carboxylic acids is 2. The third-order valence-electron chi connectivity index (χ3n) is 8.06. The Morgan fingerprint density at radius 3 is 2.39 bits per heavy atom. The first-order chi connectivity index (χ1) is 21.1. The summed E-state index contributed by atoms with van der Waals surface area (Å²) in [7, 11) is -3.75. The third kappa shape index (κ3) is 6.72. The molecule has 0 bridgehead atoms. The molecule has 230 valence electrons. The first-order valence-electron chi connectivity index (χ1n) is 14.7. The van der Waals surface area contributed by atoms with Gasteiger partial charge in [0.2, 0.25) is 11.8 Å². The van der Waals surface area contributed by atoms with E-state index in [-0.39, 0.29) is 48.7 Å². The average molecular weight is 653 g/mol. The molecule has 0 saturated carbocycles. The van der Waals surface area contributed by atoms with E-state index in [1.165, 1.54) is 4.31 Å². The molecule has 0 spiro atoms. The number of carbonyl (C=O) groups is 2. The van der Waals surface area contributed by atoms with Gasteiger partial charge in [-0.05, 0) is 60.5 Å². The van der Waals surface area contributed by atoms with Crippen molar-refractivity contribution in [3.8, 4) is 0 Å². The van der Waals surface area contributed by atoms with Crippen molar-refractivity contribution in [1.29, 1.82) is 0 Å². The molecule has 0 radical (unpaired) electrons. The molecular formula is C34H35Cl2N3O4S. The van der Waals surface area contributed by atoms with Gasteiger partial charge in [-0.15, -0.1) is 0 Å². The maximum atomic E-state index is 14.1. The number of anilines is 1. The topological polar surface area (TPSA) is 86.8 Å². The minimum atomic E-state index is -3.75. The van der Waals surface area contributed by atoms with E-state index in [1.54, 1.807) is 41.3 Å². The van der Waals surface area contributed by atoms with Gasteiger partial charge in [0, 0.05) is 47.4 Å². The lowest BCUT2D eigenvalue weighted by Gasteiger charge is -2.33. The lowest BCUT2D eigenvalue weighted by molar-refractivity contribution is -0.141. The SMILES string of the molecule is CC[C@@H](C)NC(=O)[C@H](Cc1ccccc1)N(Cc1ccc(Cl)cc1Cl)C(=O)CCCN1c2cccc3cccc(c23)S1(=O)=O. The number of rotatable bonds is 12. The summed E-state index contributed by atoms with van der Waals surface area (Å²) in [5.41, 5.74) is 2.18. The largest absolute Gasteiger partial charge is 0.352 e. The summed E-state index contributed by atoms with van der Waals surface area (Å²) in [6.45, 7) is 4.13. The molecule has 0 aliphatic carbocycles. The first kappa shape index (κ1) is 31.8. The van der Waals surface area contributed by atoms with Crippen molar-refractivity contribution in [3.63, 3.8) is 0 Å². The van der Waals surface area contributed by atoms with Crippen LogP contribution in [0, 0.1) is 0 Å². The Balaban J connectivity index is 1.42. The second-order valence-corrected chi connectivity index (χ2v) is 13.8. The van der Waals surface area contributed by atoms with E-state index < -0.39 is 16.1 Å². The van der Waals surface area contributed by atoms with Gasteiger partial charge in [0.1, 0.15) is 6.04 Å². The predicted molar refractivity (Wildman–Crippen MR) is 177 cm³/mol. The maximum Gasteiger partial charge on any atom is 0.265 e. The van der Waals surface area contributed by atoms with Crippen LogP contribution in [0.4, 0.5) is 5.69 Å². The maximum absolute atomic E-state index is 14.1. The minimum Gasteiger partial charge on any atom is -0.352 e. The summed E-state index contributed by atoms with van der Waals surface area (Å²) in [5.74, 6) is -0.533. The Hall–Kier alpha value is -3.59. The van der Waals surface area contributed by atoms with E-state index in [0.717, 1.165) is 17.4 Å². The van der Waals surface area contributed by atoms with Crippen molar-refractivity contribution < 1.29 is 18.0 Å². The fourth-order valence-corrected chi connectivity index (χ4v) is 7.76. The van der Waals surface area contributed by atoms with Gasteiger partial charge < -0.3 is 10.2 Å². The fraction of sp³-hybridized carbons (Fsp3) is 0.294. The first-order valence-corrected chi connectivity index (χ1v) is 16.9. The lowest BCUT2D eigenvalue weighted by Crippen LogP contribution is -2.52. The van der Waals surface area contributed by atoms with Crippen LogP contribution in [0.25, 0.3) is 10.8 Å². The van der Waals surface area contributed by atoms with Gasteiger partial charge in [0.05, 0.1) is 10.6 Å². The number of nitrogens with zero attached hydrogens (tertiary/aromatic N) is 2. The Labute approximate surface area is 268 Å². The van der Waals surface area contributed by atoms with Crippen LogP contribution in [0.1, 0.15) is 44.2 Å². The van der Waals surface area contributed by atoms with Crippen molar-refractivity contribution in [2.75, 3.05) is 10.8 Å². The lowest BCUT2D eigenvalue weighted by atomic mass is 10.0. The highest BCUT2D eigenvalue weighted by Gasteiger charge is 2.36. The van der Waals surface area contributed by atoms with Crippen LogP contribution in [0.2, 0.25) is 10.0 Å². The molecule has 1 heterocycles. The molecule has 1 aliphatic rings. The van der Waals surface area contributed by atoms with Gasteiger partial charge >= 0.3 is 0 Å². The molecule has 0 saturated heterocycles. The van der Waals surface area contributed by atoms with E-state index in [4.69, 9.17) is 23.2 Å². The van der Waals surface area contributed by atoms with E-state index >= 15 is 0 Å². The van der Waals surface area contributed by atoms with Crippen molar-refractivity contribution >= 4 is 61.5 Å². The normalized spacial score (nSPS) is 14.8. The molecule has 1 aliphatic heterocycles. The smallest absolute Gasteiger partial charge is 0.265 e. The molecule has 44 heavy (non-hydrogen) atoms. The Kier molecular flexibility index (Phi) is 9.83. The molecule has 0 unspecified atom stereocenters. The van der Waals surface area contributed by atoms with Crippen molar-refractivity contribution in [1.82, 2.24) is 10.2 Å². The molecule has 0 fully saturated rings. The van der Waals surface area contributed by atoms with Crippen LogP contribution >= 0.6 is 23.2 Å². The molecule has 4 aromatic rings. The number of nitrogens with one attached hydrogen (secondary N) is 1. The third-order valence-corrected chi connectivity index (χ3v) is 10.5. The average Bonchev–Trinajstić information content (AvgIpc) is 3.23. The van der Waals surface area contributed by atoms with Gasteiger partial charge in [-0.25, -0.2) is 8.42 Å². The standard InChI is InChI=1S/C34H35Cl2N3O4S/c1-3-23(2)37-34(41)30(20-24-10-5-4-6-11-24)38(22-26-17-18-27(35)21-28(26)36)32(40)16-9-19-39-29-14-7-12-25-13-8-15-31(33(25)29)44(39,42)43/h4-8,10-15,17-18,21,23,30H,3,9,16,19-20,22H2,1-2H3,(H,37,41)/t23-,30+/m1/s1. The highest BCUT2D eigenvalue weighted by Crippen LogP contribution is 2.42. The molecule has 10 heteroatoms. The van der Waals surface area contributed by atoms with Crippen LogP contribution in [0.5, 0.6) is 0 Å². The molecular weight excluding hydrogens is 617 g/mol. The summed E-state index contributed by atoms with van der Waals surface area (Å²) >= 11 is 12.7. The van der Waals surface area contributed by atoms with Crippen molar-refractivity contribution in [3.05, 3.63) is 106 Å². The Bertz CT molecular complexity index is 1780. The van der Waals surface area contributed by atoms with E-state index in [1.807, 2.05) is 62.4 Å². The number of hydrogen-bond donors (Lipinski definition) is 1. The summed E-state index contributed by atoms with van der Waals surface area (Å²) in [4.78, 5) is 29.7. The van der Waals surface area contributed by atoms with Gasteiger partial charge in [-0.1, -0.05) is 90.8 Å². The van der Waals surface area contributed by atoms with Crippen LogP contribution in [-0.4, -0.2) is 43.8 Å². The quantitative estimate of drug-likeness (QED) is 0.179. The van der Waals surface area contributed by atoms with Crippen molar-refractivity contribution in [2.45, 2.75) is 63.1 Å². The zero-order chi connectivity index (χ0) is 31.4. The molecule has 2 atom stereocenters. The highest BCUT2D eigenvalue weighted by atomic mass is 35.5. The predicted octanol–water partition coefficient (Wildman–Crippen LogP) is 6.99. The highest BCUT2D eigenvalue weighted by molar-refractivity contribution is 7.93. The van der Waals surface area contributed by atoms with Crippen LogP contribution in [0.3, 0.4) is 0 Å². The van der Waals surface area contributed by atoms with Gasteiger partial charge in [0.25, 0.3) is 10.0 Å². The number of hydrogen-bond acceptors (Lipinski definition) is 4. The summed E-state index contributed by atoms with van der Waals surface area (Å²) in [6, 6.07) is 24.5. The summed E-state index contributed by atoms with van der Waals surface area (Å²) < 4.78 is 28.3.